The average Bonchev–Trinajstić information content (AvgIpc) is 2.88. The molecule has 18 heavy (non-hydrogen) atoms. The van der Waals surface area contributed by atoms with Crippen LogP contribution in [-0.4, -0.2) is 16.1 Å². The Balaban J connectivity index is 1.85. The molecule has 3 rings (SSSR count). The molecule has 2 unspecified atom stereocenters. The molecule has 1 fully saturated rings. The summed E-state index contributed by atoms with van der Waals surface area (Å²) in [5, 5.41) is 11.4. The third-order valence-corrected chi connectivity index (χ3v) is 4.44. The molecule has 2 atom stereocenters. The van der Waals surface area contributed by atoms with Crippen LogP contribution in [-0.2, 0) is 4.79 Å². The van der Waals surface area contributed by atoms with Crippen molar-refractivity contribution in [1.82, 2.24) is 4.98 Å². The quantitative estimate of drug-likeness (QED) is 0.648. The second kappa shape index (κ2) is 4.24. The molecule has 2 aliphatic carbocycles. The number of rotatable bonds is 3. The summed E-state index contributed by atoms with van der Waals surface area (Å²) in [6.45, 7) is 0. The van der Waals surface area contributed by atoms with Gasteiger partial charge in [0.2, 0.25) is 0 Å². The molecular weight excluding hydrogens is 248 g/mol. The maximum Gasteiger partial charge on any atom is 0.337 e. The molecule has 0 bridgehead atoms. The standard InChI is InChI=1S/C13H14N2O2S/c14-13-15-11(6-18-13)10(12(16)17)5-9-7-3-1-2-4-8(7)9/h1-2,5-9H,3-4H2,(H2,14,15)(H,16,17)/b10-5-. The molecule has 0 aromatic carbocycles. The van der Waals surface area contributed by atoms with Gasteiger partial charge >= 0.3 is 5.97 Å². The van der Waals surface area contributed by atoms with E-state index in [0.29, 0.717) is 34.2 Å². The van der Waals surface area contributed by atoms with Gasteiger partial charge < -0.3 is 10.8 Å². The molecule has 0 aliphatic heterocycles. The maximum atomic E-state index is 11.3. The van der Waals surface area contributed by atoms with Crippen molar-refractivity contribution in [1.29, 1.82) is 0 Å². The van der Waals surface area contributed by atoms with Gasteiger partial charge in [0.25, 0.3) is 0 Å². The highest BCUT2D eigenvalue weighted by atomic mass is 32.1. The number of anilines is 1. The molecule has 1 saturated carbocycles. The topological polar surface area (TPSA) is 76.2 Å². The summed E-state index contributed by atoms with van der Waals surface area (Å²) in [6.07, 6.45) is 8.39. The van der Waals surface area contributed by atoms with E-state index >= 15 is 0 Å². The van der Waals surface area contributed by atoms with Gasteiger partial charge in [0.15, 0.2) is 5.13 Å². The third-order valence-electron chi connectivity index (χ3n) is 3.77. The van der Waals surface area contributed by atoms with E-state index in [1.807, 2.05) is 6.08 Å². The Morgan fingerprint density at radius 3 is 2.61 bits per heavy atom. The zero-order valence-electron chi connectivity index (χ0n) is 9.74. The molecule has 0 saturated heterocycles. The van der Waals surface area contributed by atoms with Gasteiger partial charge in [-0.15, -0.1) is 11.3 Å². The van der Waals surface area contributed by atoms with E-state index in [1.54, 1.807) is 5.38 Å². The van der Waals surface area contributed by atoms with Gasteiger partial charge in [0, 0.05) is 5.38 Å². The number of nitrogen functional groups attached to an aromatic ring is 1. The normalized spacial score (nSPS) is 30.0. The number of aromatic nitrogens is 1. The average molecular weight is 262 g/mol. The number of nitrogens with two attached hydrogens (primary N) is 1. The molecule has 0 amide bonds. The van der Waals surface area contributed by atoms with E-state index in [2.05, 4.69) is 17.1 Å². The maximum absolute atomic E-state index is 11.3. The first-order chi connectivity index (χ1) is 8.66. The minimum Gasteiger partial charge on any atom is -0.478 e. The Hall–Kier alpha value is -1.62. The fraction of sp³-hybridized carbons (Fsp3) is 0.385. The van der Waals surface area contributed by atoms with Crippen LogP contribution in [0.25, 0.3) is 5.57 Å². The lowest BCUT2D eigenvalue weighted by Gasteiger charge is -1.97. The van der Waals surface area contributed by atoms with Gasteiger partial charge in [-0.05, 0) is 30.6 Å². The van der Waals surface area contributed by atoms with E-state index in [4.69, 9.17) is 5.73 Å². The Labute approximate surface area is 109 Å². The van der Waals surface area contributed by atoms with Gasteiger partial charge in [0.05, 0.1) is 11.3 Å². The van der Waals surface area contributed by atoms with Crippen molar-refractivity contribution >= 4 is 28.0 Å². The largest absolute Gasteiger partial charge is 0.478 e. The molecule has 3 N–H and O–H groups in total. The van der Waals surface area contributed by atoms with Crippen LogP contribution in [0.4, 0.5) is 5.13 Å². The number of aliphatic carboxylic acids is 1. The highest BCUT2D eigenvalue weighted by Crippen LogP contribution is 2.54. The highest BCUT2D eigenvalue weighted by Gasteiger charge is 2.48. The molecule has 5 heteroatoms. The molecule has 1 aromatic rings. The van der Waals surface area contributed by atoms with E-state index in [9.17, 15) is 9.90 Å². The van der Waals surface area contributed by atoms with Crippen LogP contribution in [0, 0.1) is 17.8 Å². The molecule has 1 heterocycles. The van der Waals surface area contributed by atoms with Crippen molar-refractivity contribution in [2.24, 2.45) is 17.8 Å². The lowest BCUT2D eigenvalue weighted by molar-refractivity contribution is -0.130. The zero-order chi connectivity index (χ0) is 12.7. The minimum atomic E-state index is -0.920. The van der Waals surface area contributed by atoms with E-state index in [1.165, 1.54) is 11.3 Å². The smallest absolute Gasteiger partial charge is 0.337 e. The second-order valence-corrected chi connectivity index (χ2v) is 5.69. The van der Waals surface area contributed by atoms with Crippen LogP contribution in [0.2, 0.25) is 0 Å². The Kier molecular flexibility index (Phi) is 2.70. The monoisotopic (exact) mass is 262 g/mol. The SMILES string of the molecule is Nc1nc(/C(=C/C2C3CC=CCC23)C(=O)O)cs1. The third kappa shape index (κ3) is 1.95. The number of hydrogen-bond donors (Lipinski definition) is 2. The van der Waals surface area contributed by atoms with Gasteiger partial charge in [-0.1, -0.05) is 18.2 Å². The van der Waals surface area contributed by atoms with Crippen LogP contribution in [0.3, 0.4) is 0 Å². The van der Waals surface area contributed by atoms with E-state index in [0.717, 1.165) is 12.8 Å². The molecular formula is C13H14N2O2S. The fourth-order valence-electron chi connectivity index (χ4n) is 2.76. The van der Waals surface area contributed by atoms with Crippen molar-refractivity contribution < 1.29 is 9.90 Å². The van der Waals surface area contributed by atoms with Crippen molar-refractivity contribution in [3.8, 4) is 0 Å². The molecule has 4 nitrogen and oxygen atoms in total. The predicted molar refractivity (Wildman–Crippen MR) is 71.0 cm³/mol. The van der Waals surface area contributed by atoms with Crippen LogP contribution in [0.5, 0.6) is 0 Å². The number of allylic oxidation sites excluding steroid dienone is 3. The number of thiazole rings is 1. The Morgan fingerprint density at radius 1 is 1.44 bits per heavy atom. The van der Waals surface area contributed by atoms with Gasteiger partial charge in [-0.3, -0.25) is 0 Å². The minimum absolute atomic E-state index is 0.294. The summed E-state index contributed by atoms with van der Waals surface area (Å²) in [7, 11) is 0. The number of fused-ring (bicyclic) bond motifs is 1. The van der Waals surface area contributed by atoms with Crippen molar-refractivity contribution in [2.45, 2.75) is 12.8 Å². The highest BCUT2D eigenvalue weighted by molar-refractivity contribution is 7.13. The summed E-state index contributed by atoms with van der Waals surface area (Å²) in [5.41, 5.74) is 6.34. The van der Waals surface area contributed by atoms with Crippen LogP contribution in [0.15, 0.2) is 23.6 Å². The van der Waals surface area contributed by atoms with Crippen LogP contribution < -0.4 is 5.73 Å². The Bertz CT molecular complexity index is 533. The van der Waals surface area contributed by atoms with Crippen molar-refractivity contribution in [3.05, 3.63) is 29.3 Å². The summed E-state index contributed by atoms with van der Waals surface area (Å²) < 4.78 is 0. The molecule has 0 radical (unpaired) electrons. The number of nitrogens with zero attached hydrogens (tertiary/aromatic N) is 1. The lowest BCUT2D eigenvalue weighted by atomic mass is 10.1. The van der Waals surface area contributed by atoms with E-state index in [-0.39, 0.29) is 0 Å². The first-order valence-corrected chi connectivity index (χ1v) is 6.86. The zero-order valence-corrected chi connectivity index (χ0v) is 10.6. The predicted octanol–water partition coefficient (Wildman–Crippen LogP) is 2.41. The molecule has 94 valence electrons. The summed E-state index contributed by atoms with van der Waals surface area (Å²) in [5.74, 6) is 0.714. The lowest BCUT2D eigenvalue weighted by Crippen LogP contribution is -2.01. The number of hydrogen-bond acceptors (Lipinski definition) is 4. The van der Waals surface area contributed by atoms with Crippen molar-refractivity contribution in [3.63, 3.8) is 0 Å². The molecule has 2 aliphatic rings. The first kappa shape index (κ1) is 11.5. The van der Waals surface area contributed by atoms with Crippen LogP contribution >= 0.6 is 11.3 Å². The molecule has 1 aromatic heterocycles. The molecule has 0 spiro atoms. The van der Waals surface area contributed by atoms with Crippen molar-refractivity contribution in [2.75, 3.05) is 5.73 Å². The number of carbonyl (C=O) groups is 1. The first-order valence-electron chi connectivity index (χ1n) is 5.98. The van der Waals surface area contributed by atoms with Crippen LogP contribution in [0.1, 0.15) is 18.5 Å². The fourth-order valence-corrected chi connectivity index (χ4v) is 3.33. The summed E-state index contributed by atoms with van der Waals surface area (Å²) in [6, 6.07) is 0. The summed E-state index contributed by atoms with van der Waals surface area (Å²) in [4.78, 5) is 15.4. The van der Waals surface area contributed by atoms with Gasteiger partial charge in [-0.2, -0.15) is 0 Å². The Morgan fingerprint density at radius 2 is 2.11 bits per heavy atom. The second-order valence-electron chi connectivity index (χ2n) is 4.80. The summed E-state index contributed by atoms with van der Waals surface area (Å²) >= 11 is 1.27. The van der Waals surface area contributed by atoms with E-state index < -0.39 is 5.97 Å². The number of carboxylic acid groups (broad SMARTS) is 1. The number of carboxylic acids is 1. The van der Waals surface area contributed by atoms with Gasteiger partial charge in [-0.25, -0.2) is 9.78 Å². The van der Waals surface area contributed by atoms with Gasteiger partial charge in [0.1, 0.15) is 0 Å².